The molecule has 5 heterocycles. The van der Waals surface area contributed by atoms with Crippen molar-refractivity contribution in [3.8, 4) is 5.75 Å². The standard InChI is InChI=1S/C36H47N10O2P/c1-23(2)44-17-19-45(20-18-44)25-10-15-46(16-11-25)30-22-31(48-4)29(21-24(30)3)41-36-42-34-26(9-12-39-34)35(43-36)40-28-8-7-27-32(38-14-13-37-27)33(28)49(5,6)47/h7-9,12-14,21-23,25H,10-11,15-20H2,1-6H3,(H3,39,40,41,42,43). The lowest BCUT2D eigenvalue weighted by atomic mass is 10.00. The van der Waals surface area contributed by atoms with E-state index in [4.69, 9.17) is 14.7 Å². The van der Waals surface area contributed by atoms with Crippen LogP contribution in [0.1, 0.15) is 32.3 Å². The fourth-order valence-corrected chi connectivity index (χ4v) is 8.78. The van der Waals surface area contributed by atoms with Crippen molar-refractivity contribution in [3.63, 3.8) is 0 Å². The number of piperidine rings is 1. The van der Waals surface area contributed by atoms with Gasteiger partial charge in [-0.25, -0.2) is 0 Å². The van der Waals surface area contributed by atoms with Crippen LogP contribution in [0.25, 0.3) is 22.1 Å². The van der Waals surface area contributed by atoms with Gasteiger partial charge in [-0.15, -0.1) is 0 Å². The van der Waals surface area contributed by atoms with E-state index in [2.05, 4.69) is 73.2 Å². The minimum absolute atomic E-state index is 0.402. The van der Waals surface area contributed by atoms with Crippen LogP contribution in [-0.2, 0) is 4.57 Å². The zero-order valence-electron chi connectivity index (χ0n) is 29.3. The monoisotopic (exact) mass is 682 g/mol. The molecule has 2 aliphatic heterocycles. The van der Waals surface area contributed by atoms with E-state index in [1.807, 2.05) is 24.4 Å². The normalized spacial score (nSPS) is 16.9. The first-order chi connectivity index (χ1) is 23.6. The number of methoxy groups -OCH3 is 1. The lowest BCUT2D eigenvalue weighted by molar-refractivity contribution is 0.0692. The first-order valence-electron chi connectivity index (χ1n) is 17.2. The van der Waals surface area contributed by atoms with Crippen molar-refractivity contribution >= 4 is 63.3 Å². The molecule has 0 bridgehead atoms. The molecule has 12 nitrogen and oxygen atoms in total. The molecule has 49 heavy (non-hydrogen) atoms. The molecule has 2 fully saturated rings. The highest BCUT2D eigenvalue weighted by Crippen LogP contribution is 2.42. The number of nitrogens with one attached hydrogen (secondary N) is 3. The number of aromatic amines is 1. The number of anilines is 5. The number of H-pyrrole nitrogens is 1. The van der Waals surface area contributed by atoms with Crippen LogP contribution in [0.5, 0.6) is 5.75 Å². The number of aryl methyl sites for hydroxylation is 1. The second-order valence-corrected chi connectivity index (χ2v) is 17.0. The Morgan fingerprint density at radius 2 is 1.69 bits per heavy atom. The summed E-state index contributed by atoms with van der Waals surface area (Å²) in [5.74, 6) is 1.71. The average Bonchev–Trinajstić information content (AvgIpc) is 3.57. The number of piperazine rings is 1. The van der Waals surface area contributed by atoms with E-state index in [0.29, 0.717) is 51.5 Å². The molecule has 7 rings (SSSR count). The number of hydrogen-bond donors (Lipinski definition) is 3. The third-order valence-corrected chi connectivity index (χ3v) is 11.5. The number of hydrogen-bond acceptors (Lipinski definition) is 11. The van der Waals surface area contributed by atoms with Gasteiger partial charge in [-0.1, -0.05) is 0 Å². The molecule has 0 radical (unpaired) electrons. The number of fused-ring (bicyclic) bond motifs is 2. The Hall–Kier alpha value is -4.25. The zero-order valence-corrected chi connectivity index (χ0v) is 30.2. The van der Waals surface area contributed by atoms with Gasteiger partial charge in [0.1, 0.15) is 29.9 Å². The van der Waals surface area contributed by atoms with Gasteiger partial charge in [0, 0.05) is 81.7 Å². The van der Waals surface area contributed by atoms with E-state index in [-0.39, 0.29) is 0 Å². The highest BCUT2D eigenvalue weighted by molar-refractivity contribution is 7.71. The van der Waals surface area contributed by atoms with Crippen molar-refractivity contribution in [2.45, 2.75) is 45.7 Å². The first kappa shape index (κ1) is 33.3. The van der Waals surface area contributed by atoms with E-state index in [1.54, 1.807) is 32.8 Å². The van der Waals surface area contributed by atoms with Gasteiger partial charge in [0.05, 0.1) is 34.7 Å². The van der Waals surface area contributed by atoms with Crippen LogP contribution in [0.3, 0.4) is 0 Å². The summed E-state index contributed by atoms with van der Waals surface area (Å²) in [7, 11) is -1.06. The molecule has 2 saturated heterocycles. The molecule has 5 aromatic rings. The van der Waals surface area contributed by atoms with Crippen molar-refractivity contribution in [1.82, 2.24) is 34.7 Å². The van der Waals surface area contributed by atoms with E-state index < -0.39 is 7.14 Å². The molecule has 2 aromatic carbocycles. The van der Waals surface area contributed by atoms with Crippen LogP contribution < -0.4 is 25.6 Å². The van der Waals surface area contributed by atoms with Gasteiger partial charge >= 0.3 is 0 Å². The third kappa shape index (κ3) is 6.82. The molecular weight excluding hydrogens is 635 g/mol. The maximum atomic E-state index is 13.5. The summed E-state index contributed by atoms with van der Waals surface area (Å²) >= 11 is 0. The summed E-state index contributed by atoms with van der Waals surface area (Å²) in [6, 6.07) is 11.2. The van der Waals surface area contributed by atoms with Crippen LogP contribution >= 0.6 is 7.14 Å². The van der Waals surface area contributed by atoms with E-state index in [1.165, 1.54) is 44.7 Å². The Morgan fingerprint density at radius 3 is 2.41 bits per heavy atom. The molecule has 0 unspecified atom stereocenters. The van der Waals surface area contributed by atoms with Crippen molar-refractivity contribution in [2.24, 2.45) is 0 Å². The smallest absolute Gasteiger partial charge is 0.231 e. The van der Waals surface area contributed by atoms with E-state index in [0.717, 1.165) is 35.5 Å². The van der Waals surface area contributed by atoms with Crippen LogP contribution in [0.4, 0.5) is 28.8 Å². The van der Waals surface area contributed by atoms with Crippen LogP contribution in [0.2, 0.25) is 0 Å². The first-order valence-corrected chi connectivity index (χ1v) is 19.8. The second kappa shape index (κ2) is 13.6. The maximum Gasteiger partial charge on any atom is 0.231 e. The second-order valence-electron chi connectivity index (χ2n) is 13.8. The van der Waals surface area contributed by atoms with Gasteiger partial charge in [-0.05, 0) is 76.8 Å². The predicted molar refractivity (Wildman–Crippen MR) is 200 cm³/mol. The molecule has 13 heteroatoms. The van der Waals surface area contributed by atoms with Gasteiger partial charge in [-0.2, -0.15) is 9.97 Å². The average molecular weight is 683 g/mol. The fourth-order valence-electron chi connectivity index (χ4n) is 7.38. The molecular formula is C36H47N10O2P. The predicted octanol–water partition coefficient (Wildman–Crippen LogP) is 5.95. The molecule has 0 atom stereocenters. The highest BCUT2D eigenvalue weighted by atomic mass is 31.2. The van der Waals surface area contributed by atoms with Crippen LogP contribution in [-0.4, -0.2) is 107 Å². The number of nitrogens with zero attached hydrogens (tertiary/aromatic N) is 7. The molecule has 3 N–H and O–H groups in total. The summed E-state index contributed by atoms with van der Waals surface area (Å²) in [6.45, 7) is 17.0. The van der Waals surface area contributed by atoms with Crippen molar-refractivity contribution in [1.29, 1.82) is 0 Å². The van der Waals surface area contributed by atoms with E-state index >= 15 is 0 Å². The molecule has 2 aliphatic rings. The number of aromatic nitrogens is 5. The maximum absolute atomic E-state index is 13.5. The minimum atomic E-state index is -2.76. The van der Waals surface area contributed by atoms with Gasteiger partial charge < -0.3 is 29.8 Å². The summed E-state index contributed by atoms with van der Waals surface area (Å²) < 4.78 is 19.5. The van der Waals surface area contributed by atoms with Crippen LogP contribution in [0.15, 0.2) is 48.9 Å². The Bertz CT molecular complexity index is 2010. The van der Waals surface area contributed by atoms with Gasteiger partial charge in [-0.3, -0.25) is 19.8 Å². The summed E-state index contributed by atoms with van der Waals surface area (Å²) in [6.07, 6.45) is 7.43. The Kier molecular flexibility index (Phi) is 9.21. The SMILES string of the molecule is COc1cc(N2CCC(N3CCN(C(C)C)CC3)CC2)c(C)cc1Nc1nc(Nc2ccc3nccnc3c2P(C)(C)=O)c2cc[nH]c2n1. The van der Waals surface area contributed by atoms with Gasteiger partial charge in [0.15, 0.2) is 0 Å². The molecule has 258 valence electrons. The topological polar surface area (TPSA) is 127 Å². The Morgan fingerprint density at radius 1 is 0.939 bits per heavy atom. The third-order valence-electron chi connectivity index (χ3n) is 9.99. The number of benzene rings is 2. The van der Waals surface area contributed by atoms with Gasteiger partial charge in [0.2, 0.25) is 5.95 Å². The van der Waals surface area contributed by atoms with Crippen LogP contribution in [0, 0.1) is 6.92 Å². The number of ether oxygens (including phenoxy) is 1. The molecule has 0 amide bonds. The molecule has 0 spiro atoms. The summed E-state index contributed by atoms with van der Waals surface area (Å²) in [4.78, 5) is 29.6. The lowest BCUT2D eigenvalue weighted by Crippen LogP contribution is -2.54. The zero-order chi connectivity index (χ0) is 34.3. The fraction of sp³-hybridized carbons (Fsp3) is 0.444. The summed E-state index contributed by atoms with van der Waals surface area (Å²) in [5.41, 5.74) is 5.80. The Labute approximate surface area is 288 Å². The Balaban J connectivity index is 1.12. The molecule has 0 saturated carbocycles. The van der Waals surface area contributed by atoms with Crippen molar-refractivity contribution in [2.75, 3.05) is 75.2 Å². The lowest BCUT2D eigenvalue weighted by Gasteiger charge is -2.44. The summed E-state index contributed by atoms with van der Waals surface area (Å²) in [5, 5.41) is 8.33. The largest absolute Gasteiger partial charge is 0.494 e. The highest BCUT2D eigenvalue weighted by Gasteiger charge is 2.29. The molecule has 0 aliphatic carbocycles. The minimum Gasteiger partial charge on any atom is -0.494 e. The quantitative estimate of drug-likeness (QED) is 0.160. The number of rotatable bonds is 9. The molecule has 3 aromatic heterocycles. The van der Waals surface area contributed by atoms with Crippen molar-refractivity contribution < 1.29 is 9.30 Å². The van der Waals surface area contributed by atoms with E-state index in [9.17, 15) is 4.57 Å². The van der Waals surface area contributed by atoms with Crippen molar-refractivity contribution in [3.05, 3.63) is 54.5 Å². The van der Waals surface area contributed by atoms with Gasteiger partial charge in [0.25, 0.3) is 0 Å².